The molecule has 0 aliphatic carbocycles. The van der Waals surface area contributed by atoms with E-state index in [1.807, 2.05) is 6.92 Å². The van der Waals surface area contributed by atoms with Crippen LogP contribution in [0.3, 0.4) is 0 Å². The molecule has 0 aliphatic heterocycles. The molecule has 0 saturated heterocycles. The van der Waals surface area contributed by atoms with Crippen molar-refractivity contribution in [2.24, 2.45) is 0 Å². The van der Waals surface area contributed by atoms with Gasteiger partial charge in [-0.2, -0.15) is 0 Å². The van der Waals surface area contributed by atoms with Gasteiger partial charge < -0.3 is 5.11 Å². The Balaban J connectivity index is 0.00000132. The van der Waals surface area contributed by atoms with E-state index >= 15 is 0 Å². The van der Waals surface area contributed by atoms with E-state index in [0.717, 1.165) is 24.0 Å². The number of phenols is 1. The maximum absolute atomic E-state index is 10.7. The van der Waals surface area contributed by atoms with Crippen LogP contribution < -0.4 is 10.6 Å². The summed E-state index contributed by atoms with van der Waals surface area (Å²) in [5.41, 5.74) is 4.84. The van der Waals surface area contributed by atoms with Gasteiger partial charge in [0.1, 0.15) is 18.8 Å². The van der Waals surface area contributed by atoms with Gasteiger partial charge in [0.2, 0.25) is 0 Å². The van der Waals surface area contributed by atoms with Gasteiger partial charge in [0.15, 0.2) is 6.21 Å². The van der Waals surface area contributed by atoms with E-state index in [2.05, 4.69) is 82.7 Å². The van der Waals surface area contributed by atoms with Crippen LogP contribution in [-0.2, 0) is 22.4 Å². The Hall–Kier alpha value is -0.366. The summed E-state index contributed by atoms with van der Waals surface area (Å²) in [6.45, 7) is 17.2. The van der Waals surface area contributed by atoms with E-state index in [1.54, 1.807) is 0 Å². The van der Waals surface area contributed by atoms with Crippen molar-refractivity contribution in [1.82, 2.24) is 0 Å². The van der Waals surface area contributed by atoms with Crippen LogP contribution in [0, 0.1) is 13.8 Å². The molecular formula is C23H33Cl2NOPTi+. The Morgan fingerprint density at radius 1 is 1.07 bits per heavy atom. The summed E-state index contributed by atoms with van der Waals surface area (Å²) in [7, 11) is 10.2. The van der Waals surface area contributed by atoms with Crippen molar-refractivity contribution in [2.45, 2.75) is 53.9 Å². The predicted octanol–water partition coefficient (Wildman–Crippen LogP) is 5.78. The quantitative estimate of drug-likeness (QED) is 0.245. The zero-order valence-corrected chi connectivity index (χ0v) is 22.6. The monoisotopic (exact) mass is 488 g/mol. The van der Waals surface area contributed by atoms with Crippen LogP contribution in [0.15, 0.2) is 30.3 Å². The molecule has 1 unspecified atom stereocenters. The Morgan fingerprint density at radius 3 is 2.17 bits per heavy atom. The van der Waals surface area contributed by atoms with Crippen LogP contribution in [0.4, 0.5) is 0 Å². The second-order valence-electron chi connectivity index (χ2n) is 8.03. The van der Waals surface area contributed by atoms with Gasteiger partial charge in [0.25, 0.3) is 0 Å². The molecule has 0 aliphatic rings. The second kappa shape index (κ2) is 12.5. The normalized spacial score (nSPS) is 11.2. The third-order valence-electron chi connectivity index (χ3n) is 4.87. The number of hydrogen-bond donors (Lipinski definition) is 1. The van der Waals surface area contributed by atoms with Crippen LogP contribution in [0.2, 0.25) is 0 Å². The second-order valence-corrected chi connectivity index (χ2v) is 11.9. The number of aromatic hydroxyl groups is 1. The van der Waals surface area contributed by atoms with Crippen molar-refractivity contribution in [3.8, 4) is 5.75 Å². The summed E-state index contributed by atoms with van der Waals surface area (Å²) >= 11 is -0.556. The number of nitrogens with zero attached hydrogens (tertiary/aromatic N) is 1. The van der Waals surface area contributed by atoms with E-state index < -0.39 is 17.0 Å². The molecule has 0 spiro atoms. The van der Waals surface area contributed by atoms with Crippen molar-refractivity contribution in [3.05, 3.63) is 52.6 Å². The Labute approximate surface area is 195 Å². The van der Waals surface area contributed by atoms with Crippen molar-refractivity contribution in [1.29, 1.82) is 0 Å². The molecule has 0 fully saturated rings. The average molecular weight is 489 g/mol. The number of aryl methyl sites for hydroxylation is 2. The van der Waals surface area contributed by atoms with Crippen LogP contribution in [-0.4, -0.2) is 29.0 Å². The fourth-order valence-electron chi connectivity index (χ4n) is 3.01. The zero-order valence-electron chi connectivity index (χ0n) is 18.5. The summed E-state index contributed by atoms with van der Waals surface area (Å²) in [5.74, 6) is 0.438. The predicted molar refractivity (Wildman–Crippen MR) is 129 cm³/mol. The van der Waals surface area contributed by atoms with Gasteiger partial charge in [0.05, 0.1) is 0 Å². The van der Waals surface area contributed by atoms with Crippen molar-refractivity contribution in [3.63, 3.8) is 0 Å². The van der Waals surface area contributed by atoms with Crippen molar-refractivity contribution in [2.75, 3.05) is 13.1 Å². The summed E-state index contributed by atoms with van der Waals surface area (Å²) in [6.07, 6.45) is 2.26. The molecule has 6 heteroatoms. The molecule has 0 amide bonds. The van der Waals surface area contributed by atoms with E-state index in [9.17, 15) is 5.11 Å². The maximum atomic E-state index is 10.7. The molecule has 2 aromatic rings. The fraction of sp³-hybridized carbons (Fsp3) is 0.435. The van der Waals surface area contributed by atoms with E-state index in [4.69, 9.17) is 18.6 Å². The molecule has 1 atom stereocenters. The topological polar surface area (TPSA) is 23.2 Å². The summed E-state index contributed by atoms with van der Waals surface area (Å²) in [6, 6.07) is 10.8. The average Bonchev–Trinajstić information content (AvgIpc) is 2.65. The van der Waals surface area contributed by atoms with Gasteiger partial charge >= 0.3 is 35.6 Å². The minimum atomic E-state index is -0.556. The molecule has 0 saturated carbocycles. The molecule has 29 heavy (non-hydrogen) atoms. The molecule has 158 valence electrons. The van der Waals surface area contributed by atoms with E-state index in [1.165, 1.54) is 22.0 Å². The third kappa shape index (κ3) is 8.00. The van der Waals surface area contributed by atoms with Gasteiger partial charge in [-0.1, -0.05) is 47.6 Å². The molecule has 0 bridgehead atoms. The van der Waals surface area contributed by atoms with E-state index in [0.29, 0.717) is 14.3 Å². The molecule has 0 heterocycles. The van der Waals surface area contributed by atoms with Crippen LogP contribution >= 0.6 is 27.2 Å². The van der Waals surface area contributed by atoms with Gasteiger partial charge in [-0.05, 0) is 67.2 Å². The molecule has 0 aromatic heterocycles. The SMILES string of the molecule is CC[N+](=Cc1cccc(C)c1Pc1cc(C(C)(C)C)cc(C)c1O)CC.[Cl][Ti][Cl]. The summed E-state index contributed by atoms with van der Waals surface area (Å²) in [5, 5.41) is 13.1. The van der Waals surface area contributed by atoms with Gasteiger partial charge in [-0.3, -0.25) is 0 Å². The van der Waals surface area contributed by atoms with Gasteiger partial charge in [-0.25, -0.2) is 4.58 Å². The molecule has 0 radical (unpaired) electrons. The van der Waals surface area contributed by atoms with E-state index in [-0.39, 0.29) is 5.41 Å². The molecule has 2 rings (SSSR count). The standard InChI is InChI=1S/C23H32NOP.2ClH.Ti/c1-8-24(9-2)15-18-12-10-11-16(3)22(18)26-20-14-19(23(5,6)7)13-17(4)21(20)25;;;/h10-15,26H,8-9H2,1-7H3;2*1H;/q;;;+2/p-1. The first-order valence-electron chi connectivity index (χ1n) is 9.84. The van der Waals surface area contributed by atoms with Crippen LogP contribution in [0.1, 0.15) is 56.9 Å². The Bertz CT molecular complexity index is 842. The van der Waals surface area contributed by atoms with Crippen molar-refractivity contribution < 1.29 is 26.7 Å². The first kappa shape index (κ1) is 26.7. The molecule has 1 N–H and O–H groups in total. The number of phenolic OH excluding ortho intramolecular Hbond substituents is 1. The first-order valence-corrected chi connectivity index (χ1v) is 15.1. The first-order chi connectivity index (χ1) is 13.6. The summed E-state index contributed by atoms with van der Waals surface area (Å²) in [4.78, 5) is 0. The van der Waals surface area contributed by atoms with Gasteiger partial charge in [0, 0.05) is 10.9 Å². The zero-order chi connectivity index (χ0) is 22.2. The summed E-state index contributed by atoms with van der Waals surface area (Å²) < 4.78 is 2.32. The molecule has 2 aromatic carbocycles. The van der Waals surface area contributed by atoms with Gasteiger partial charge in [-0.15, -0.1) is 0 Å². The van der Waals surface area contributed by atoms with Crippen molar-refractivity contribution >= 4 is 44.0 Å². The third-order valence-corrected chi connectivity index (χ3v) is 6.45. The Kier molecular flexibility index (Phi) is 11.5. The number of halogens is 2. The number of hydrogen-bond acceptors (Lipinski definition) is 1. The van der Waals surface area contributed by atoms with Crippen LogP contribution in [0.5, 0.6) is 5.75 Å². The minimum absolute atomic E-state index is 0.0690. The number of benzene rings is 2. The fourth-order valence-corrected chi connectivity index (χ4v) is 4.40. The Morgan fingerprint density at radius 2 is 1.66 bits per heavy atom. The number of rotatable bonds is 5. The molecule has 2 nitrogen and oxygen atoms in total. The molecular weight excluding hydrogens is 456 g/mol. The van der Waals surface area contributed by atoms with Crippen LogP contribution in [0.25, 0.3) is 0 Å².